The highest BCUT2D eigenvalue weighted by Crippen LogP contribution is 2.47. The van der Waals surface area contributed by atoms with Gasteiger partial charge in [-0.1, -0.05) is 30.3 Å². The van der Waals surface area contributed by atoms with Crippen LogP contribution in [0.5, 0.6) is 5.75 Å². The van der Waals surface area contributed by atoms with Crippen LogP contribution in [-0.2, 0) is 6.54 Å². The van der Waals surface area contributed by atoms with Gasteiger partial charge in [0, 0.05) is 31.1 Å². The van der Waals surface area contributed by atoms with Gasteiger partial charge in [0.25, 0.3) is 0 Å². The monoisotopic (exact) mass is 373 g/mol. The Morgan fingerprint density at radius 2 is 1.79 bits per heavy atom. The van der Waals surface area contributed by atoms with Crippen LogP contribution >= 0.6 is 0 Å². The van der Waals surface area contributed by atoms with E-state index in [-0.39, 0.29) is 0 Å². The molecule has 0 radical (unpaired) electrons. The standard InChI is InChI=1S/C24H27N3O/c1-28-21-8-6-17(7-9-21)22-16-27(15-20-5-3-2-4-19(20)14-25)23-18-10-12-26(13-11-18)24(22)23/h2-9,18,22-24H,10-13,15-16H2,1H3/t22-,23+,24+/m0/s1. The minimum atomic E-state index is 0.522. The van der Waals surface area contributed by atoms with E-state index in [1.807, 2.05) is 12.1 Å². The van der Waals surface area contributed by atoms with E-state index in [0.29, 0.717) is 18.0 Å². The Kier molecular flexibility index (Phi) is 4.58. The summed E-state index contributed by atoms with van der Waals surface area (Å²) in [5.41, 5.74) is 3.39. The van der Waals surface area contributed by atoms with Crippen molar-refractivity contribution in [2.75, 3.05) is 26.7 Å². The summed E-state index contributed by atoms with van der Waals surface area (Å²) in [5, 5.41) is 9.52. The van der Waals surface area contributed by atoms with Gasteiger partial charge in [-0.05, 0) is 61.2 Å². The molecule has 0 spiro atoms. The van der Waals surface area contributed by atoms with Crippen molar-refractivity contribution in [3.8, 4) is 11.8 Å². The van der Waals surface area contributed by atoms with E-state index in [4.69, 9.17) is 4.74 Å². The Bertz CT molecular complexity index is 879. The normalized spacial score (nSPS) is 31.4. The molecule has 4 fully saturated rings. The fraction of sp³-hybridized carbons (Fsp3) is 0.458. The van der Waals surface area contributed by atoms with Crippen LogP contribution in [0.4, 0.5) is 0 Å². The molecule has 0 saturated carbocycles. The number of ether oxygens (including phenoxy) is 1. The fourth-order valence-electron chi connectivity index (χ4n) is 5.85. The molecule has 4 heteroatoms. The van der Waals surface area contributed by atoms with Crippen molar-refractivity contribution in [2.45, 2.75) is 37.4 Å². The molecule has 2 aromatic carbocycles. The minimum absolute atomic E-state index is 0.522. The molecule has 4 heterocycles. The summed E-state index contributed by atoms with van der Waals surface area (Å²) < 4.78 is 5.36. The largest absolute Gasteiger partial charge is 0.497 e. The first kappa shape index (κ1) is 17.7. The minimum Gasteiger partial charge on any atom is -0.497 e. The molecule has 4 nitrogen and oxygen atoms in total. The van der Waals surface area contributed by atoms with Gasteiger partial charge >= 0.3 is 0 Å². The van der Waals surface area contributed by atoms with Crippen molar-refractivity contribution in [3.63, 3.8) is 0 Å². The van der Waals surface area contributed by atoms with E-state index >= 15 is 0 Å². The average Bonchev–Trinajstić information content (AvgIpc) is 3.16. The maximum Gasteiger partial charge on any atom is 0.118 e. The van der Waals surface area contributed by atoms with E-state index < -0.39 is 0 Å². The molecule has 144 valence electrons. The van der Waals surface area contributed by atoms with Gasteiger partial charge in [-0.25, -0.2) is 0 Å². The Hall–Kier alpha value is -2.35. The summed E-state index contributed by atoms with van der Waals surface area (Å²) in [5.74, 6) is 2.23. The number of likely N-dealkylation sites (tertiary alicyclic amines) is 1. The molecule has 3 atom stereocenters. The summed E-state index contributed by atoms with van der Waals surface area (Å²) in [4.78, 5) is 5.40. The first-order valence-corrected chi connectivity index (χ1v) is 10.4. The number of piperidine rings is 3. The van der Waals surface area contributed by atoms with Crippen LogP contribution in [0.1, 0.15) is 35.4 Å². The third-order valence-electron chi connectivity index (χ3n) is 7.15. The molecule has 2 bridgehead atoms. The second-order valence-electron chi connectivity index (χ2n) is 8.43. The van der Waals surface area contributed by atoms with Crippen molar-refractivity contribution in [1.82, 2.24) is 9.80 Å². The van der Waals surface area contributed by atoms with Crippen molar-refractivity contribution in [3.05, 3.63) is 65.2 Å². The van der Waals surface area contributed by atoms with Crippen molar-refractivity contribution in [1.29, 1.82) is 5.26 Å². The number of hydrogen-bond acceptors (Lipinski definition) is 4. The molecule has 6 rings (SSSR count). The van der Waals surface area contributed by atoms with E-state index in [9.17, 15) is 5.26 Å². The van der Waals surface area contributed by atoms with Crippen LogP contribution in [0.3, 0.4) is 0 Å². The first-order valence-electron chi connectivity index (χ1n) is 10.4. The molecule has 4 saturated heterocycles. The number of methoxy groups -OCH3 is 1. The first-order chi connectivity index (χ1) is 13.8. The lowest BCUT2D eigenvalue weighted by atomic mass is 9.75. The maximum absolute atomic E-state index is 9.52. The fourth-order valence-corrected chi connectivity index (χ4v) is 5.85. The lowest BCUT2D eigenvalue weighted by Crippen LogP contribution is -2.60. The molecule has 28 heavy (non-hydrogen) atoms. The Morgan fingerprint density at radius 1 is 1.04 bits per heavy atom. The van der Waals surface area contributed by atoms with Crippen LogP contribution in [0.15, 0.2) is 48.5 Å². The second-order valence-corrected chi connectivity index (χ2v) is 8.43. The summed E-state index contributed by atoms with van der Waals surface area (Å²) in [6.45, 7) is 4.42. The summed E-state index contributed by atoms with van der Waals surface area (Å²) in [6.07, 6.45) is 2.62. The van der Waals surface area contributed by atoms with Gasteiger partial charge in [0.15, 0.2) is 0 Å². The van der Waals surface area contributed by atoms with E-state index in [2.05, 4.69) is 52.3 Å². The Morgan fingerprint density at radius 3 is 2.50 bits per heavy atom. The highest BCUT2D eigenvalue weighted by Gasteiger charge is 2.53. The van der Waals surface area contributed by atoms with Crippen molar-refractivity contribution >= 4 is 0 Å². The third kappa shape index (κ3) is 2.90. The number of fused-ring (bicyclic) bond motifs is 2. The highest BCUT2D eigenvalue weighted by atomic mass is 16.5. The molecule has 0 N–H and O–H groups in total. The average molecular weight is 374 g/mol. The van der Waals surface area contributed by atoms with Gasteiger partial charge in [-0.15, -0.1) is 0 Å². The predicted octanol–water partition coefficient (Wildman–Crippen LogP) is 3.63. The molecule has 0 aromatic heterocycles. The molecule has 2 aromatic rings. The zero-order valence-corrected chi connectivity index (χ0v) is 16.4. The highest BCUT2D eigenvalue weighted by molar-refractivity contribution is 5.38. The molecule has 4 aliphatic heterocycles. The number of nitrogens with zero attached hydrogens (tertiary/aromatic N) is 3. The van der Waals surface area contributed by atoms with E-state index in [1.54, 1.807) is 7.11 Å². The second kappa shape index (κ2) is 7.24. The van der Waals surface area contributed by atoms with Gasteiger partial charge in [-0.3, -0.25) is 9.80 Å². The number of rotatable bonds is 4. The van der Waals surface area contributed by atoms with Gasteiger partial charge < -0.3 is 4.74 Å². The number of nitriles is 1. The molecular formula is C24H27N3O. The van der Waals surface area contributed by atoms with Crippen LogP contribution in [0.2, 0.25) is 0 Å². The summed E-state index contributed by atoms with van der Waals surface area (Å²) >= 11 is 0. The third-order valence-corrected chi connectivity index (χ3v) is 7.15. The van der Waals surface area contributed by atoms with Crippen molar-refractivity contribution in [2.24, 2.45) is 5.92 Å². The molecule has 4 aliphatic rings. The predicted molar refractivity (Wildman–Crippen MR) is 109 cm³/mol. The molecule has 0 amide bonds. The Balaban J connectivity index is 1.47. The Labute approximate surface area is 167 Å². The summed E-state index contributed by atoms with van der Waals surface area (Å²) in [7, 11) is 1.72. The SMILES string of the molecule is COc1ccc([C@@H]2CN(Cc3ccccc3C#N)[C@@H]3C4CCN(CC4)[C@@H]32)cc1. The van der Waals surface area contributed by atoms with Crippen LogP contribution in [0.25, 0.3) is 0 Å². The molecule has 0 aliphatic carbocycles. The lowest BCUT2D eigenvalue weighted by Gasteiger charge is -2.51. The van der Waals surface area contributed by atoms with Crippen molar-refractivity contribution < 1.29 is 4.74 Å². The van der Waals surface area contributed by atoms with E-state index in [0.717, 1.165) is 35.9 Å². The number of benzene rings is 2. The van der Waals surface area contributed by atoms with E-state index in [1.165, 1.54) is 31.5 Å². The topological polar surface area (TPSA) is 39.5 Å². The summed E-state index contributed by atoms with van der Waals surface area (Å²) in [6, 6.07) is 20.3. The zero-order valence-electron chi connectivity index (χ0n) is 16.4. The van der Waals surface area contributed by atoms with Gasteiger partial charge in [0.2, 0.25) is 0 Å². The quantitative estimate of drug-likeness (QED) is 0.820. The van der Waals surface area contributed by atoms with Gasteiger partial charge in [0.1, 0.15) is 5.75 Å². The lowest BCUT2D eigenvalue weighted by molar-refractivity contribution is -0.00871. The van der Waals surface area contributed by atoms with Gasteiger partial charge in [0.05, 0.1) is 18.7 Å². The van der Waals surface area contributed by atoms with Crippen LogP contribution in [0, 0.1) is 17.2 Å². The maximum atomic E-state index is 9.52. The van der Waals surface area contributed by atoms with Crippen LogP contribution < -0.4 is 4.74 Å². The van der Waals surface area contributed by atoms with Gasteiger partial charge in [-0.2, -0.15) is 5.26 Å². The molecular weight excluding hydrogens is 346 g/mol. The zero-order chi connectivity index (χ0) is 19.1. The number of hydrogen-bond donors (Lipinski definition) is 0. The smallest absolute Gasteiger partial charge is 0.118 e. The van der Waals surface area contributed by atoms with Crippen LogP contribution in [-0.4, -0.2) is 48.6 Å². The molecule has 0 unspecified atom stereocenters.